The third kappa shape index (κ3) is 41.9. The van der Waals surface area contributed by atoms with Crippen molar-refractivity contribution in [3.8, 4) is 0 Å². The van der Waals surface area contributed by atoms with Crippen LogP contribution >= 0.6 is 7.82 Å². The van der Waals surface area contributed by atoms with Gasteiger partial charge in [-0.3, -0.25) is 18.6 Å². The van der Waals surface area contributed by atoms with Crippen LogP contribution in [-0.4, -0.2) is 88.1 Å². The van der Waals surface area contributed by atoms with E-state index in [1.165, 1.54) is 103 Å². The van der Waals surface area contributed by atoms with Crippen LogP contribution in [0.5, 0.6) is 0 Å². The summed E-state index contributed by atoms with van der Waals surface area (Å²) in [4.78, 5) is 35.1. The van der Waals surface area contributed by atoms with Gasteiger partial charge in [0.25, 0.3) is 0 Å². The zero-order valence-corrected chi connectivity index (χ0v) is 39.4. The first kappa shape index (κ1) is 59.1. The number of carbonyl (C=O) groups excluding carboxylic acids is 2. The van der Waals surface area contributed by atoms with Crippen LogP contribution in [0.1, 0.15) is 201 Å². The minimum absolute atomic E-state index is 0.128. The molecule has 0 saturated carbocycles. The molecule has 0 fully saturated rings. The number of allylic oxidation sites excluding steroid dienone is 5. The summed E-state index contributed by atoms with van der Waals surface area (Å²) in [5, 5.41) is 39.1. The first-order valence-corrected chi connectivity index (χ1v) is 25.5. The molecule has 3 unspecified atom stereocenters. The third-order valence-corrected chi connectivity index (χ3v) is 11.4. The summed E-state index contributed by atoms with van der Waals surface area (Å²) >= 11 is 0. The van der Waals surface area contributed by atoms with Crippen LogP contribution in [0.25, 0.3) is 0 Å². The smallest absolute Gasteiger partial charge is 0.462 e. The minimum Gasteiger partial charge on any atom is -0.462 e. The van der Waals surface area contributed by atoms with Gasteiger partial charge in [-0.15, -0.1) is 0 Å². The molecule has 0 aromatic heterocycles. The highest BCUT2D eigenvalue weighted by molar-refractivity contribution is 7.47. The van der Waals surface area contributed by atoms with E-state index in [9.17, 15) is 34.4 Å². The zero-order valence-electron chi connectivity index (χ0n) is 38.5. The number of phosphoric ester groups is 1. The largest absolute Gasteiger partial charge is 0.472 e. The van der Waals surface area contributed by atoms with Crippen LogP contribution in [0, 0.1) is 5.92 Å². The van der Waals surface area contributed by atoms with Crippen LogP contribution in [0.15, 0.2) is 36.5 Å². The highest BCUT2D eigenvalue weighted by Gasteiger charge is 2.27. The molecule has 0 aliphatic heterocycles. The maximum atomic E-state index is 12.7. The highest BCUT2D eigenvalue weighted by Crippen LogP contribution is 2.43. The number of carbonyl (C=O) groups is 2. The highest BCUT2D eigenvalue weighted by atomic mass is 31.2. The first-order valence-electron chi connectivity index (χ1n) is 24.0. The Labute approximate surface area is 370 Å². The molecule has 13 heteroatoms. The van der Waals surface area contributed by atoms with Crippen LogP contribution < -0.4 is 0 Å². The molecular formula is C48H89O12P. The quantitative estimate of drug-likeness (QED) is 0.0169. The summed E-state index contributed by atoms with van der Waals surface area (Å²) in [6.07, 6.45) is 35.6. The average molecular weight is 889 g/mol. The van der Waals surface area contributed by atoms with Gasteiger partial charge in [0.15, 0.2) is 6.10 Å². The fraction of sp³-hybridized carbons (Fsp3) is 0.833. The van der Waals surface area contributed by atoms with Crippen molar-refractivity contribution >= 4 is 19.8 Å². The molecule has 0 amide bonds. The van der Waals surface area contributed by atoms with Gasteiger partial charge in [-0.25, -0.2) is 4.57 Å². The van der Waals surface area contributed by atoms with E-state index in [1.807, 2.05) is 12.2 Å². The van der Waals surface area contributed by atoms with Gasteiger partial charge in [-0.2, -0.15) is 0 Å². The SMILES string of the molecule is CCCCC/C=C\C/C=C\C/C=C\CC(O)C(O)CCCC(=O)O[C@H](COC(=O)CCCCCCCCCCCCCCCCCCC(C)C)COP(=O)(O)OC[C@@H](O)CO. The standard InChI is InChI=1S/C48H89O12P/c1-4-5-6-7-8-9-10-18-21-24-27-30-34-45(51)46(52)35-32-37-48(54)60-44(41-59-61(55,56)58-39-43(50)38-49)40-57-47(53)36-31-28-25-22-19-16-14-12-11-13-15-17-20-23-26-29-33-42(2)3/h8-9,18,21,27,30,42-46,49-52H,4-7,10-17,19-20,22-26,28-29,31-41H2,1-3H3,(H,55,56)/b9-8-,21-18-,30-27-/t43-,44+,45?,46?/m0/s1. The molecule has 0 rings (SSSR count). The molecule has 5 atom stereocenters. The van der Waals surface area contributed by atoms with Crippen molar-refractivity contribution in [2.45, 2.75) is 225 Å². The van der Waals surface area contributed by atoms with E-state index in [0.29, 0.717) is 6.42 Å². The number of unbranched alkanes of at least 4 members (excludes halogenated alkanes) is 18. The second kappa shape index (κ2) is 42.1. The summed E-state index contributed by atoms with van der Waals surface area (Å²) in [7, 11) is -4.70. The Morgan fingerprint density at radius 2 is 1.08 bits per heavy atom. The molecule has 0 spiro atoms. The Hall–Kier alpha value is -1.89. The van der Waals surface area contributed by atoms with Crippen molar-refractivity contribution in [3.05, 3.63) is 36.5 Å². The fourth-order valence-electron chi connectivity index (χ4n) is 6.58. The van der Waals surface area contributed by atoms with Crippen LogP contribution in [0.4, 0.5) is 0 Å². The summed E-state index contributed by atoms with van der Waals surface area (Å²) in [5.41, 5.74) is 0. The van der Waals surface area contributed by atoms with Crippen molar-refractivity contribution < 1.29 is 58.0 Å². The second-order valence-electron chi connectivity index (χ2n) is 16.9. The Bertz CT molecular complexity index is 1160. The lowest BCUT2D eigenvalue weighted by Crippen LogP contribution is -2.30. The number of hydrogen-bond acceptors (Lipinski definition) is 11. The number of hydrogen-bond donors (Lipinski definition) is 5. The normalized spacial score (nSPS) is 15.2. The van der Waals surface area contributed by atoms with Crippen molar-refractivity contribution in [2.24, 2.45) is 5.92 Å². The molecule has 12 nitrogen and oxygen atoms in total. The van der Waals surface area contributed by atoms with Crippen molar-refractivity contribution in [1.82, 2.24) is 0 Å². The number of ether oxygens (including phenoxy) is 2. The van der Waals surface area contributed by atoms with E-state index < -0.39 is 70.6 Å². The predicted octanol–water partition coefficient (Wildman–Crippen LogP) is 10.9. The van der Waals surface area contributed by atoms with Crippen molar-refractivity contribution in [1.29, 1.82) is 0 Å². The average Bonchev–Trinajstić information content (AvgIpc) is 3.23. The lowest BCUT2D eigenvalue weighted by atomic mass is 10.0. The van der Waals surface area contributed by atoms with Gasteiger partial charge >= 0.3 is 19.8 Å². The molecule has 61 heavy (non-hydrogen) atoms. The summed E-state index contributed by atoms with van der Waals surface area (Å²) < 4.78 is 32.6. The lowest BCUT2D eigenvalue weighted by molar-refractivity contribution is -0.161. The monoisotopic (exact) mass is 889 g/mol. The second-order valence-corrected chi connectivity index (χ2v) is 18.4. The molecule has 0 aromatic rings. The number of aliphatic hydroxyl groups is 4. The summed E-state index contributed by atoms with van der Waals surface area (Å²) in [5.74, 6) is -0.379. The topological polar surface area (TPSA) is 189 Å². The van der Waals surface area contributed by atoms with Crippen LogP contribution in [-0.2, 0) is 32.7 Å². The van der Waals surface area contributed by atoms with Crippen molar-refractivity contribution in [2.75, 3.05) is 26.4 Å². The van der Waals surface area contributed by atoms with Gasteiger partial charge in [0.05, 0.1) is 32.0 Å². The maximum Gasteiger partial charge on any atom is 0.472 e. The van der Waals surface area contributed by atoms with Gasteiger partial charge in [-0.05, 0) is 57.3 Å². The molecule has 0 saturated heterocycles. The van der Waals surface area contributed by atoms with E-state index in [-0.39, 0.29) is 32.1 Å². The maximum absolute atomic E-state index is 12.7. The van der Waals surface area contributed by atoms with Gasteiger partial charge in [0.1, 0.15) is 12.7 Å². The van der Waals surface area contributed by atoms with Crippen LogP contribution in [0.3, 0.4) is 0 Å². The van der Waals surface area contributed by atoms with Crippen molar-refractivity contribution in [3.63, 3.8) is 0 Å². The molecule has 358 valence electrons. The fourth-order valence-corrected chi connectivity index (χ4v) is 7.37. The lowest BCUT2D eigenvalue weighted by Gasteiger charge is -2.20. The Morgan fingerprint density at radius 3 is 1.64 bits per heavy atom. The van der Waals surface area contributed by atoms with Gasteiger partial charge in [0, 0.05) is 12.8 Å². The van der Waals surface area contributed by atoms with Gasteiger partial charge in [-0.1, -0.05) is 173 Å². The first-order chi connectivity index (χ1) is 29.4. The number of esters is 2. The summed E-state index contributed by atoms with van der Waals surface area (Å²) in [6.45, 7) is 4.38. The van der Waals surface area contributed by atoms with E-state index >= 15 is 0 Å². The Morgan fingerprint density at radius 1 is 0.574 bits per heavy atom. The molecule has 0 heterocycles. The molecule has 5 N–H and O–H groups in total. The Balaban J connectivity index is 4.43. The van der Waals surface area contributed by atoms with E-state index in [2.05, 4.69) is 49.6 Å². The Kier molecular flexibility index (Phi) is 40.8. The summed E-state index contributed by atoms with van der Waals surface area (Å²) in [6, 6.07) is 0. The molecular weight excluding hydrogens is 799 g/mol. The molecule has 0 aliphatic carbocycles. The third-order valence-electron chi connectivity index (χ3n) is 10.4. The van der Waals surface area contributed by atoms with Gasteiger partial charge in [0.2, 0.25) is 0 Å². The minimum atomic E-state index is -4.70. The van der Waals surface area contributed by atoms with Gasteiger partial charge < -0.3 is 34.8 Å². The predicted molar refractivity (Wildman–Crippen MR) is 245 cm³/mol. The number of phosphoric acid groups is 1. The van der Waals surface area contributed by atoms with E-state index in [0.717, 1.165) is 44.4 Å². The molecule has 0 radical (unpaired) electrons. The van der Waals surface area contributed by atoms with E-state index in [1.54, 1.807) is 0 Å². The number of aliphatic hydroxyl groups excluding tert-OH is 4. The molecule has 0 bridgehead atoms. The zero-order chi connectivity index (χ0) is 45.2. The van der Waals surface area contributed by atoms with E-state index in [4.69, 9.17) is 19.1 Å². The molecule has 0 aliphatic rings. The number of rotatable bonds is 44. The molecule has 0 aromatic carbocycles. The van der Waals surface area contributed by atoms with Crippen LogP contribution in [0.2, 0.25) is 0 Å².